The van der Waals surface area contributed by atoms with Crippen LogP contribution in [0.1, 0.15) is 23.7 Å². The molecule has 0 saturated carbocycles. The second-order valence-electron chi connectivity index (χ2n) is 4.80. The number of aromatic nitrogens is 1. The second kappa shape index (κ2) is 7.93. The van der Waals surface area contributed by atoms with Gasteiger partial charge in [-0.15, -0.1) is 0 Å². The minimum absolute atomic E-state index is 0.0743. The maximum atomic E-state index is 12.9. The van der Waals surface area contributed by atoms with Gasteiger partial charge >= 0.3 is 0 Å². The van der Waals surface area contributed by atoms with Crippen molar-refractivity contribution >= 4 is 17.5 Å². The van der Waals surface area contributed by atoms with E-state index in [1.165, 1.54) is 4.90 Å². The van der Waals surface area contributed by atoms with Crippen molar-refractivity contribution in [3.05, 3.63) is 54.2 Å². The number of nitrogens with zero attached hydrogens (tertiary/aromatic N) is 2. The highest BCUT2D eigenvalue weighted by molar-refractivity contribution is 6.07. The van der Waals surface area contributed by atoms with E-state index in [0.29, 0.717) is 17.9 Å². The minimum Gasteiger partial charge on any atom is -0.477 e. The molecule has 6 nitrogen and oxygen atoms in total. The average molecular weight is 313 g/mol. The maximum Gasteiger partial charge on any atom is 0.263 e. The first kappa shape index (κ1) is 16.5. The van der Waals surface area contributed by atoms with Crippen molar-refractivity contribution in [2.75, 3.05) is 18.1 Å². The number of nitrogens with two attached hydrogens (primary N) is 1. The van der Waals surface area contributed by atoms with E-state index in [0.717, 1.165) is 0 Å². The first-order valence-electron chi connectivity index (χ1n) is 7.36. The summed E-state index contributed by atoms with van der Waals surface area (Å²) in [5.74, 6) is -0.469. The Labute approximate surface area is 134 Å². The van der Waals surface area contributed by atoms with Crippen LogP contribution >= 0.6 is 0 Å². The van der Waals surface area contributed by atoms with Crippen LogP contribution in [0.4, 0.5) is 5.69 Å². The lowest BCUT2D eigenvalue weighted by Crippen LogP contribution is -2.34. The lowest BCUT2D eigenvalue weighted by molar-refractivity contribution is -0.117. The zero-order chi connectivity index (χ0) is 16.7. The Morgan fingerprint density at radius 2 is 1.91 bits per heavy atom. The number of carbonyl (C=O) groups excluding carboxylic acids is 2. The van der Waals surface area contributed by atoms with E-state index in [-0.39, 0.29) is 24.8 Å². The first-order chi connectivity index (χ1) is 11.1. The highest BCUT2D eigenvalue weighted by atomic mass is 16.5. The molecule has 0 aliphatic rings. The summed E-state index contributed by atoms with van der Waals surface area (Å²) in [6.45, 7) is 2.42. The Hall–Kier alpha value is -2.89. The molecule has 0 radical (unpaired) electrons. The van der Waals surface area contributed by atoms with E-state index in [1.807, 2.05) is 25.1 Å². The fourth-order valence-electron chi connectivity index (χ4n) is 2.13. The number of ether oxygens (including phenoxy) is 1. The molecule has 2 aromatic rings. The van der Waals surface area contributed by atoms with Crippen molar-refractivity contribution in [2.24, 2.45) is 5.73 Å². The van der Waals surface area contributed by atoms with Crippen molar-refractivity contribution in [3.63, 3.8) is 0 Å². The monoisotopic (exact) mass is 313 g/mol. The number of hydrogen-bond donors (Lipinski definition) is 1. The molecule has 2 amide bonds. The van der Waals surface area contributed by atoms with Crippen LogP contribution in [-0.4, -0.2) is 29.9 Å². The van der Waals surface area contributed by atoms with Gasteiger partial charge in [-0.2, -0.15) is 0 Å². The third-order valence-corrected chi connectivity index (χ3v) is 3.18. The van der Waals surface area contributed by atoms with Crippen LogP contribution in [0.5, 0.6) is 5.88 Å². The molecule has 2 rings (SSSR count). The molecule has 2 N–H and O–H groups in total. The standard InChI is InChI=1S/C17H19N3O3/c1-2-23-16-14(9-6-11-19-16)17(22)20(12-10-15(18)21)13-7-4-3-5-8-13/h3-9,11H,2,10,12H2,1H3,(H2,18,21). The van der Waals surface area contributed by atoms with Crippen LogP contribution in [0.2, 0.25) is 0 Å². The van der Waals surface area contributed by atoms with Gasteiger partial charge in [0.05, 0.1) is 6.61 Å². The SMILES string of the molecule is CCOc1ncccc1C(=O)N(CCC(N)=O)c1ccccc1. The largest absolute Gasteiger partial charge is 0.477 e. The van der Waals surface area contributed by atoms with Crippen LogP contribution in [0.3, 0.4) is 0 Å². The molecule has 0 aliphatic carbocycles. The molecular weight excluding hydrogens is 294 g/mol. The molecule has 0 aliphatic heterocycles. The highest BCUT2D eigenvalue weighted by Crippen LogP contribution is 2.22. The number of amides is 2. The Balaban J connectivity index is 2.35. The summed E-state index contributed by atoms with van der Waals surface area (Å²) in [4.78, 5) is 29.6. The average Bonchev–Trinajstić information content (AvgIpc) is 2.56. The van der Waals surface area contributed by atoms with Gasteiger partial charge in [-0.1, -0.05) is 18.2 Å². The van der Waals surface area contributed by atoms with Crippen LogP contribution in [0.25, 0.3) is 0 Å². The Kier molecular flexibility index (Phi) is 5.68. The van der Waals surface area contributed by atoms with Crippen LogP contribution in [-0.2, 0) is 4.79 Å². The molecule has 0 fully saturated rings. The Morgan fingerprint density at radius 1 is 1.17 bits per heavy atom. The number of hydrogen-bond acceptors (Lipinski definition) is 4. The molecular formula is C17H19N3O3. The molecule has 120 valence electrons. The van der Waals surface area contributed by atoms with Crippen LogP contribution < -0.4 is 15.4 Å². The van der Waals surface area contributed by atoms with Gasteiger partial charge in [0.15, 0.2) is 0 Å². The Bertz CT molecular complexity index is 674. The number of primary amides is 1. The van der Waals surface area contributed by atoms with E-state index >= 15 is 0 Å². The molecule has 23 heavy (non-hydrogen) atoms. The smallest absolute Gasteiger partial charge is 0.263 e. The third kappa shape index (κ3) is 4.29. The van der Waals surface area contributed by atoms with Gasteiger partial charge < -0.3 is 15.4 Å². The number of rotatable bonds is 7. The predicted molar refractivity (Wildman–Crippen MR) is 87.3 cm³/mol. The summed E-state index contributed by atoms with van der Waals surface area (Å²) in [6, 6.07) is 12.4. The fourth-order valence-corrected chi connectivity index (χ4v) is 2.13. The van der Waals surface area contributed by atoms with Gasteiger partial charge in [0.1, 0.15) is 5.56 Å². The van der Waals surface area contributed by atoms with E-state index in [4.69, 9.17) is 10.5 Å². The topological polar surface area (TPSA) is 85.5 Å². The summed E-state index contributed by atoms with van der Waals surface area (Å²) >= 11 is 0. The molecule has 0 bridgehead atoms. The number of pyridine rings is 1. The van der Waals surface area contributed by atoms with Gasteiger partial charge in [-0.3, -0.25) is 9.59 Å². The molecule has 1 aromatic heterocycles. The summed E-state index contributed by atoms with van der Waals surface area (Å²) < 4.78 is 5.42. The molecule has 0 saturated heterocycles. The van der Waals surface area contributed by atoms with E-state index < -0.39 is 5.91 Å². The quantitative estimate of drug-likeness (QED) is 0.847. The molecule has 0 unspecified atom stereocenters. The molecule has 0 atom stereocenters. The molecule has 1 aromatic carbocycles. The van der Waals surface area contributed by atoms with Gasteiger partial charge in [0, 0.05) is 24.8 Å². The summed E-state index contributed by atoms with van der Waals surface area (Å²) in [6.07, 6.45) is 1.64. The summed E-state index contributed by atoms with van der Waals surface area (Å²) in [7, 11) is 0. The van der Waals surface area contributed by atoms with Gasteiger partial charge in [0.2, 0.25) is 11.8 Å². The van der Waals surface area contributed by atoms with Gasteiger partial charge in [0.25, 0.3) is 5.91 Å². The zero-order valence-corrected chi connectivity index (χ0v) is 12.9. The predicted octanol–water partition coefficient (Wildman–Crippen LogP) is 2.00. The fraction of sp³-hybridized carbons (Fsp3) is 0.235. The van der Waals surface area contributed by atoms with Crippen molar-refractivity contribution < 1.29 is 14.3 Å². The second-order valence-corrected chi connectivity index (χ2v) is 4.80. The Morgan fingerprint density at radius 3 is 2.57 bits per heavy atom. The number of carbonyl (C=O) groups is 2. The van der Waals surface area contributed by atoms with E-state index in [2.05, 4.69) is 4.98 Å². The maximum absolute atomic E-state index is 12.9. The number of para-hydroxylation sites is 1. The van der Waals surface area contributed by atoms with Crippen molar-refractivity contribution in [1.82, 2.24) is 4.98 Å². The van der Waals surface area contributed by atoms with Gasteiger partial charge in [-0.25, -0.2) is 4.98 Å². The molecule has 6 heteroatoms. The lowest BCUT2D eigenvalue weighted by atomic mass is 10.2. The minimum atomic E-state index is -0.463. The van der Waals surface area contributed by atoms with Crippen LogP contribution in [0, 0.1) is 0 Å². The summed E-state index contributed by atoms with van der Waals surface area (Å²) in [5, 5.41) is 0. The molecule has 0 spiro atoms. The van der Waals surface area contributed by atoms with Gasteiger partial charge in [-0.05, 0) is 31.2 Å². The number of benzene rings is 1. The molecule has 1 heterocycles. The number of anilines is 1. The first-order valence-corrected chi connectivity index (χ1v) is 7.36. The van der Waals surface area contributed by atoms with Crippen molar-refractivity contribution in [2.45, 2.75) is 13.3 Å². The normalized spacial score (nSPS) is 10.1. The highest BCUT2D eigenvalue weighted by Gasteiger charge is 2.22. The summed E-state index contributed by atoms with van der Waals surface area (Å²) in [5.41, 5.74) is 6.26. The zero-order valence-electron chi connectivity index (χ0n) is 12.9. The van der Waals surface area contributed by atoms with E-state index in [9.17, 15) is 9.59 Å². The third-order valence-electron chi connectivity index (χ3n) is 3.18. The lowest BCUT2D eigenvalue weighted by Gasteiger charge is -2.23. The van der Waals surface area contributed by atoms with E-state index in [1.54, 1.807) is 30.5 Å². The van der Waals surface area contributed by atoms with Crippen molar-refractivity contribution in [1.29, 1.82) is 0 Å². The van der Waals surface area contributed by atoms with Crippen molar-refractivity contribution in [3.8, 4) is 5.88 Å². The van der Waals surface area contributed by atoms with Crippen LogP contribution in [0.15, 0.2) is 48.7 Å².